The highest BCUT2D eigenvalue weighted by atomic mass is 16.5. The summed E-state index contributed by atoms with van der Waals surface area (Å²) in [4.78, 5) is 25.4. The lowest BCUT2D eigenvalue weighted by Crippen LogP contribution is -2.59. The van der Waals surface area contributed by atoms with Crippen LogP contribution >= 0.6 is 0 Å². The maximum Gasteiger partial charge on any atom is 0.328 e. The number of ether oxygens (including phenoxy) is 1. The summed E-state index contributed by atoms with van der Waals surface area (Å²) in [6, 6.07) is -0.397. The summed E-state index contributed by atoms with van der Waals surface area (Å²) >= 11 is 0. The standard InChI is InChI=1S/C12H23N3O3/c1-4-8(2)11(12(17)18-3)14-10(16)7-15-5-9(13)6-15/h8-9,11H,4-7,13H2,1-3H3,(H,14,16). The molecular weight excluding hydrogens is 234 g/mol. The number of hydrogen-bond acceptors (Lipinski definition) is 5. The number of nitrogens with one attached hydrogen (secondary N) is 1. The smallest absolute Gasteiger partial charge is 0.328 e. The monoisotopic (exact) mass is 257 g/mol. The molecule has 0 saturated carbocycles. The zero-order chi connectivity index (χ0) is 13.7. The SMILES string of the molecule is CCC(C)C(NC(=O)CN1CC(N)C1)C(=O)OC. The molecule has 0 aromatic rings. The number of amides is 1. The van der Waals surface area contributed by atoms with Gasteiger partial charge in [0.05, 0.1) is 13.7 Å². The molecule has 1 heterocycles. The summed E-state index contributed by atoms with van der Waals surface area (Å²) in [5, 5.41) is 2.74. The molecule has 1 aliphatic rings. The van der Waals surface area contributed by atoms with Gasteiger partial charge in [-0.2, -0.15) is 0 Å². The average molecular weight is 257 g/mol. The van der Waals surface area contributed by atoms with Gasteiger partial charge in [-0.3, -0.25) is 9.69 Å². The van der Waals surface area contributed by atoms with Crippen LogP contribution < -0.4 is 11.1 Å². The number of carbonyl (C=O) groups is 2. The van der Waals surface area contributed by atoms with Gasteiger partial charge in [0.25, 0.3) is 0 Å². The van der Waals surface area contributed by atoms with Crippen molar-refractivity contribution >= 4 is 11.9 Å². The fourth-order valence-electron chi connectivity index (χ4n) is 1.96. The van der Waals surface area contributed by atoms with E-state index < -0.39 is 12.0 Å². The second-order valence-electron chi connectivity index (χ2n) is 4.91. The van der Waals surface area contributed by atoms with E-state index in [0.717, 1.165) is 19.5 Å². The van der Waals surface area contributed by atoms with Gasteiger partial charge < -0.3 is 15.8 Å². The van der Waals surface area contributed by atoms with E-state index >= 15 is 0 Å². The first-order valence-corrected chi connectivity index (χ1v) is 6.33. The first kappa shape index (κ1) is 14.9. The predicted molar refractivity (Wildman–Crippen MR) is 67.8 cm³/mol. The quantitative estimate of drug-likeness (QED) is 0.617. The van der Waals surface area contributed by atoms with Crippen LogP contribution in [0.4, 0.5) is 0 Å². The minimum atomic E-state index is -0.567. The van der Waals surface area contributed by atoms with Crippen molar-refractivity contribution in [1.29, 1.82) is 0 Å². The highest BCUT2D eigenvalue weighted by Crippen LogP contribution is 2.10. The van der Waals surface area contributed by atoms with Crippen LogP contribution in [0.5, 0.6) is 0 Å². The van der Waals surface area contributed by atoms with E-state index in [1.807, 2.05) is 18.7 Å². The molecule has 0 aromatic heterocycles. The number of rotatable bonds is 6. The van der Waals surface area contributed by atoms with Crippen molar-refractivity contribution in [2.24, 2.45) is 11.7 Å². The van der Waals surface area contributed by atoms with Gasteiger partial charge >= 0.3 is 5.97 Å². The van der Waals surface area contributed by atoms with Crippen LogP contribution in [0.2, 0.25) is 0 Å². The molecule has 18 heavy (non-hydrogen) atoms. The van der Waals surface area contributed by atoms with E-state index in [1.165, 1.54) is 7.11 Å². The third kappa shape index (κ3) is 3.96. The van der Waals surface area contributed by atoms with Crippen LogP contribution in [0.1, 0.15) is 20.3 Å². The van der Waals surface area contributed by atoms with Crippen LogP contribution in [0.15, 0.2) is 0 Å². The van der Waals surface area contributed by atoms with E-state index in [1.54, 1.807) is 0 Å². The Labute approximate surface area is 108 Å². The first-order chi connectivity index (χ1) is 8.47. The van der Waals surface area contributed by atoms with E-state index in [-0.39, 0.29) is 24.4 Å². The van der Waals surface area contributed by atoms with Crippen molar-refractivity contribution in [1.82, 2.24) is 10.2 Å². The molecule has 2 unspecified atom stereocenters. The van der Waals surface area contributed by atoms with Crippen molar-refractivity contribution in [3.63, 3.8) is 0 Å². The van der Waals surface area contributed by atoms with Crippen molar-refractivity contribution in [3.05, 3.63) is 0 Å². The Morgan fingerprint density at radius 3 is 2.56 bits per heavy atom. The maximum absolute atomic E-state index is 11.8. The third-order valence-electron chi connectivity index (χ3n) is 3.34. The fraction of sp³-hybridized carbons (Fsp3) is 0.833. The van der Waals surface area contributed by atoms with Crippen LogP contribution in [-0.2, 0) is 14.3 Å². The average Bonchev–Trinajstić information content (AvgIpc) is 2.32. The summed E-state index contributed by atoms with van der Waals surface area (Å²) in [6.45, 7) is 5.65. The Bertz CT molecular complexity index is 303. The van der Waals surface area contributed by atoms with Gasteiger partial charge in [0.15, 0.2) is 0 Å². The Balaban J connectivity index is 2.44. The molecule has 0 aliphatic carbocycles. The summed E-state index contributed by atoms with van der Waals surface area (Å²) in [5.74, 6) is -0.490. The molecule has 1 aliphatic heterocycles. The van der Waals surface area contributed by atoms with Crippen molar-refractivity contribution < 1.29 is 14.3 Å². The lowest BCUT2D eigenvalue weighted by Gasteiger charge is -2.36. The Morgan fingerprint density at radius 2 is 2.11 bits per heavy atom. The molecular formula is C12H23N3O3. The largest absolute Gasteiger partial charge is 0.467 e. The molecule has 1 rings (SSSR count). The van der Waals surface area contributed by atoms with Gasteiger partial charge in [0.1, 0.15) is 6.04 Å². The second-order valence-corrected chi connectivity index (χ2v) is 4.91. The number of nitrogens with zero attached hydrogens (tertiary/aromatic N) is 1. The lowest BCUT2D eigenvalue weighted by atomic mass is 9.99. The van der Waals surface area contributed by atoms with Crippen molar-refractivity contribution in [2.45, 2.75) is 32.4 Å². The topological polar surface area (TPSA) is 84.7 Å². The number of nitrogens with two attached hydrogens (primary N) is 1. The van der Waals surface area contributed by atoms with Crippen LogP contribution in [0.3, 0.4) is 0 Å². The highest BCUT2D eigenvalue weighted by Gasteiger charge is 2.29. The summed E-state index contributed by atoms with van der Waals surface area (Å²) < 4.78 is 4.71. The molecule has 0 aromatic carbocycles. The minimum Gasteiger partial charge on any atom is -0.467 e. The molecule has 0 spiro atoms. The first-order valence-electron chi connectivity index (χ1n) is 6.33. The zero-order valence-electron chi connectivity index (χ0n) is 11.3. The number of hydrogen-bond donors (Lipinski definition) is 2. The molecule has 2 atom stereocenters. The zero-order valence-corrected chi connectivity index (χ0v) is 11.3. The normalized spacial score (nSPS) is 19.8. The van der Waals surface area contributed by atoms with Crippen LogP contribution in [0.25, 0.3) is 0 Å². The number of methoxy groups -OCH3 is 1. The molecule has 6 heteroatoms. The highest BCUT2D eigenvalue weighted by molar-refractivity contribution is 5.85. The molecule has 0 radical (unpaired) electrons. The molecule has 3 N–H and O–H groups in total. The molecule has 1 amide bonds. The molecule has 6 nitrogen and oxygen atoms in total. The van der Waals surface area contributed by atoms with E-state index in [4.69, 9.17) is 10.5 Å². The van der Waals surface area contributed by atoms with Crippen LogP contribution in [0, 0.1) is 5.92 Å². The number of likely N-dealkylation sites (tertiary alicyclic amines) is 1. The van der Waals surface area contributed by atoms with Crippen LogP contribution in [-0.4, -0.2) is 55.6 Å². The Morgan fingerprint density at radius 1 is 1.50 bits per heavy atom. The number of esters is 1. The van der Waals surface area contributed by atoms with Gasteiger partial charge in [-0.25, -0.2) is 4.79 Å². The van der Waals surface area contributed by atoms with Gasteiger partial charge in [-0.15, -0.1) is 0 Å². The Hall–Kier alpha value is -1.14. The minimum absolute atomic E-state index is 0.0556. The summed E-state index contributed by atoms with van der Waals surface area (Å²) in [7, 11) is 1.33. The number of carbonyl (C=O) groups excluding carboxylic acids is 2. The lowest BCUT2D eigenvalue weighted by molar-refractivity contribution is -0.146. The van der Waals surface area contributed by atoms with E-state index in [0.29, 0.717) is 0 Å². The van der Waals surface area contributed by atoms with Gasteiger partial charge in [-0.05, 0) is 5.92 Å². The summed E-state index contributed by atoms with van der Waals surface area (Å²) in [5.41, 5.74) is 5.64. The summed E-state index contributed by atoms with van der Waals surface area (Å²) in [6.07, 6.45) is 0.800. The van der Waals surface area contributed by atoms with Crippen molar-refractivity contribution in [3.8, 4) is 0 Å². The maximum atomic E-state index is 11.8. The van der Waals surface area contributed by atoms with E-state index in [9.17, 15) is 9.59 Å². The van der Waals surface area contributed by atoms with Crippen molar-refractivity contribution in [2.75, 3.05) is 26.7 Å². The third-order valence-corrected chi connectivity index (χ3v) is 3.34. The van der Waals surface area contributed by atoms with Gasteiger partial charge in [0, 0.05) is 19.1 Å². The fourth-order valence-corrected chi connectivity index (χ4v) is 1.96. The predicted octanol–water partition coefficient (Wildman–Crippen LogP) is -0.667. The molecule has 0 bridgehead atoms. The molecule has 1 fully saturated rings. The second kappa shape index (κ2) is 6.70. The van der Waals surface area contributed by atoms with Gasteiger partial charge in [-0.1, -0.05) is 20.3 Å². The molecule has 1 saturated heterocycles. The Kier molecular flexibility index (Phi) is 5.55. The van der Waals surface area contributed by atoms with E-state index in [2.05, 4.69) is 5.32 Å². The van der Waals surface area contributed by atoms with Gasteiger partial charge in [0.2, 0.25) is 5.91 Å². The molecule has 104 valence electrons.